The molecule has 2 aliphatic carbocycles. The summed E-state index contributed by atoms with van der Waals surface area (Å²) >= 11 is 0. The predicted octanol–water partition coefficient (Wildman–Crippen LogP) is 2.31. The van der Waals surface area contributed by atoms with Gasteiger partial charge >= 0.3 is 0 Å². The van der Waals surface area contributed by atoms with Crippen LogP contribution in [-0.2, 0) is 4.79 Å². The highest BCUT2D eigenvalue weighted by molar-refractivity contribution is 5.84. The van der Waals surface area contributed by atoms with E-state index in [1.54, 1.807) is 0 Å². The van der Waals surface area contributed by atoms with Gasteiger partial charge in [-0.3, -0.25) is 4.79 Å². The monoisotopic (exact) mass is 250 g/mol. The van der Waals surface area contributed by atoms with E-state index in [4.69, 9.17) is 0 Å². The summed E-state index contributed by atoms with van der Waals surface area (Å²) in [5.74, 6) is 0.377. The number of rotatable bonds is 3. The Hall–Kier alpha value is -0.570. The highest BCUT2D eigenvalue weighted by atomic mass is 16.2. The van der Waals surface area contributed by atoms with Crippen molar-refractivity contribution in [1.29, 1.82) is 0 Å². The minimum Gasteiger partial charge on any atom is -0.338 e. The summed E-state index contributed by atoms with van der Waals surface area (Å²) in [5.41, 5.74) is 0.308. The SMILES string of the molecule is CC1(C)CCCCC1N1CCC(NC2CC2)C1=O. The first-order valence-electron chi connectivity index (χ1n) is 7.64. The largest absolute Gasteiger partial charge is 0.338 e. The zero-order valence-corrected chi connectivity index (χ0v) is 11.7. The molecular weight excluding hydrogens is 224 g/mol. The van der Waals surface area contributed by atoms with Gasteiger partial charge in [0, 0.05) is 18.6 Å². The lowest BCUT2D eigenvalue weighted by Gasteiger charge is -2.44. The van der Waals surface area contributed by atoms with Crippen molar-refractivity contribution in [1.82, 2.24) is 10.2 Å². The average Bonchev–Trinajstić information content (AvgIpc) is 3.06. The van der Waals surface area contributed by atoms with Gasteiger partial charge in [0.1, 0.15) is 0 Å². The van der Waals surface area contributed by atoms with Crippen LogP contribution in [0.15, 0.2) is 0 Å². The quantitative estimate of drug-likeness (QED) is 0.833. The van der Waals surface area contributed by atoms with Gasteiger partial charge in [-0.15, -0.1) is 0 Å². The molecule has 1 N–H and O–H groups in total. The maximum atomic E-state index is 12.5. The topological polar surface area (TPSA) is 32.3 Å². The molecule has 0 aromatic carbocycles. The lowest BCUT2D eigenvalue weighted by Crippen LogP contribution is -2.50. The Morgan fingerprint density at radius 3 is 2.61 bits per heavy atom. The van der Waals surface area contributed by atoms with E-state index < -0.39 is 0 Å². The van der Waals surface area contributed by atoms with Crippen molar-refractivity contribution in [2.75, 3.05) is 6.54 Å². The van der Waals surface area contributed by atoms with Gasteiger partial charge in [-0.25, -0.2) is 0 Å². The molecule has 0 aromatic rings. The van der Waals surface area contributed by atoms with Crippen molar-refractivity contribution in [3.05, 3.63) is 0 Å². The van der Waals surface area contributed by atoms with Gasteiger partial charge in [0.2, 0.25) is 5.91 Å². The van der Waals surface area contributed by atoms with E-state index in [9.17, 15) is 4.79 Å². The molecule has 1 aliphatic heterocycles. The number of amides is 1. The van der Waals surface area contributed by atoms with E-state index in [2.05, 4.69) is 24.1 Å². The van der Waals surface area contributed by atoms with Gasteiger partial charge in [0.05, 0.1) is 6.04 Å². The van der Waals surface area contributed by atoms with E-state index in [0.717, 1.165) is 13.0 Å². The van der Waals surface area contributed by atoms with E-state index in [-0.39, 0.29) is 6.04 Å². The summed E-state index contributed by atoms with van der Waals surface area (Å²) in [6, 6.07) is 1.23. The summed E-state index contributed by atoms with van der Waals surface area (Å²) < 4.78 is 0. The maximum Gasteiger partial charge on any atom is 0.240 e. The fraction of sp³-hybridized carbons (Fsp3) is 0.933. The summed E-state index contributed by atoms with van der Waals surface area (Å²) in [4.78, 5) is 14.7. The molecule has 3 heteroatoms. The fourth-order valence-corrected chi connectivity index (χ4v) is 3.75. The van der Waals surface area contributed by atoms with Crippen LogP contribution < -0.4 is 5.32 Å². The Labute approximate surface area is 110 Å². The van der Waals surface area contributed by atoms with Gasteiger partial charge in [-0.05, 0) is 37.5 Å². The van der Waals surface area contributed by atoms with Crippen LogP contribution in [0.4, 0.5) is 0 Å². The van der Waals surface area contributed by atoms with Crippen LogP contribution >= 0.6 is 0 Å². The minimum atomic E-state index is 0.121. The molecule has 0 radical (unpaired) electrons. The minimum absolute atomic E-state index is 0.121. The van der Waals surface area contributed by atoms with Gasteiger partial charge < -0.3 is 10.2 Å². The number of likely N-dealkylation sites (tertiary alicyclic amines) is 1. The van der Waals surface area contributed by atoms with Crippen LogP contribution in [0.1, 0.15) is 58.8 Å². The van der Waals surface area contributed by atoms with Crippen LogP contribution in [0.2, 0.25) is 0 Å². The number of nitrogens with one attached hydrogen (secondary N) is 1. The molecule has 3 fully saturated rings. The maximum absolute atomic E-state index is 12.5. The first kappa shape index (κ1) is 12.5. The summed E-state index contributed by atoms with van der Waals surface area (Å²) in [7, 11) is 0. The van der Waals surface area contributed by atoms with Crippen molar-refractivity contribution in [3.63, 3.8) is 0 Å². The van der Waals surface area contributed by atoms with E-state index in [1.165, 1.54) is 38.5 Å². The van der Waals surface area contributed by atoms with Crippen LogP contribution in [0.5, 0.6) is 0 Å². The van der Waals surface area contributed by atoms with Crippen LogP contribution in [0.25, 0.3) is 0 Å². The molecule has 3 rings (SSSR count). The van der Waals surface area contributed by atoms with Gasteiger partial charge in [0.25, 0.3) is 0 Å². The predicted molar refractivity (Wildman–Crippen MR) is 72.3 cm³/mol. The molecule has 3 nitrogen and oxygen atoms in total. The Bertz CT molecular complexity index is 335. The molecule has 0 bridgehead atoms. The van der Waals surface area contributed by atoms with Crippen LogP contribution in [0.3, 0.4) is 0 Å². The molecule has 0 spiro atoms. The second-order valence-corrected chi connectivity index (χ2v) is 7.06. The van der Waals surface area contributed by atoms with E-state index in [1.807, 2.05) is 0 Å². The second kappa shape index (κ2) is 4.52. The first-order chi connectivity index (χ1) is 8.58. The number of hydrogen-bond donors (Lipinski definition) is 1. The molecule has 1 saturated heterocycles. The second-order valence-electron chi connectivity index (χ2n) is 7.06. The molecule has 1 amide bonds. The molecule has 18 heavy (non-hydrogen) atoms. The van der Waals surface area contributed by atoms with Crippen molar-refractivity contribution in [2.24, 2.45) is 5.41 Å². The van der Waals surface area contributed by atoms with Crippen molar-refractivity contribution >= 4 is 5.91 Å². The summed E-state index contributed by atoms with van der Waals surface area (Å²) in [6.07, 6.45) is 8.63. The average molecular weight is 250 g/mol. The lowest BCUT2D eigenvalue weighted by atomic mass is 9.72. The third-order valence-electron chi connectivity index (χ3n) is 5.08. The Balaban J connectivity index is 1.66. The molecule has 1 heterocycles. The first-order valence-corrected chi connectivity index (χ1v) is 7.64. The standard InChI is InChI=1S/C15H26N2O/c1-15(2)9-4-3-5-13(15)17-10-8-12(14(17)18)16-11-6-7-11/h11-13,16H,3-10H2,1-2H3. The number of nitrogens with zero attached hydrogens (tertiary/aromatic N) is 1. The molecular formula is C15H26N2O. The van der Waals surface area contributed by atoms with E-state index in [0.29, 0.717) is 23.4 Å². The Morgan fingerprint density at radius 1 is 1.17 bits per heavy atom. The Morgan fingerprint density at radius 2 is 1.94 bits per heavy atom. The van der Waals surface area contributed by atoms with Crippen LogP contribution in [-0.4, -0.2) is 35.5 Å². The number of carbonyl (C=O) groups is 1. The molecule has 3 aliphatic rings. The lowest BCUT2D eigenvalue weighted by molar-refractivity contribution is -0.134. The fourth-order valence-electron chi connectivity index (χ4n) is 3.75. The number of carbonyl (C=O) groups excluding carboxylic acids is 1. The third kappa shape index (κ3) is 2.29. The normalized spacial score (nSPS) is 36.1. The summed E-state index contributed by atoms with van der Waals surface area (Å²) in [5, 5.41) is 3.51. The van der Waals surface area contributed by atoms with Gasteiger partial charge in [-0.1, -0.05) is 26.7 Å². The summed E-state index contributed by atoms with van der Waals surface area (Å²) in [6.45, 7) is 5.65. The molecule has 2 unspecified atom stereocenters. The third-order valence-corrected chi connectivity index (χ3v) is 5.08. The van der Waals surface area contributed by atoms with Crippen LogP contribution in [0, 0.1) is 5.41 Å². The van der Waals surface area contributed by atoms with Gasteiger partial charge in [0.15, 0.2) is 0 Å². The van der Waals surface area contributed by atoms with E-state index >= 15 is 0 Å². The Kier molecular flexibility index (Phi) is 3.13. The van der Waals surface area contributed by atoms with Crippen molar-refractivity contribution in [2.45, 2.75) is 76.9 Å². The highest BCUT2D eigenvalue weighted by Crippen LogP contribution is 2.40. The zero-order valence-electron chi connectivity index (χ0n) is 11.7. The molecule has 2 saturated carbocycles. The smallest absolute Gasteiger partial charge is 0.240 e. The molecule has 102 valence electrons. The number of hydrogen-bond acceptors (Lipinski definition) is 2. The molecule has 0 aromatic heterocycles. The highest BCUT2D eigenvalue weighted by Gasteiger charge is 2.44. The van der Waals surface area contributed by atoms with Gasteiger partial charge in [-0.2, -0.15) is 0 Å². The molecule has 2 atom stereocenters. The van der Waals surface area contributed by atoms with Crippen molar-refractivity contribution < 1.29 is 4.79 Å². The zero-order chi connectivity index (χ0) is 12.8. The van der Waals surface area contributed by atoms with Crippen molar-refractivity contribution in [3.8, 4) is 0 Å².